The molecule has 2 rings (SSSR count). The van der Waals surface area contributed by atoms with Gasteiger partial charge in [-0.1, -0.05) is 51.5 Å². The molecule has 1 aliphatic carbocycles. The van der Waals surface area contributed by atoms with Crippen molar-refractivity contribution in [3.05, 3.63) is 30.1 Å². The zero-order valence-corrected chi connectivity index (χ0v) is 18.5. The number of nitrogens with zero attached hydrogens (tertiary/aromatic N) is 1. The van der Waals surface area contributed by atoms with Crippen LogP contribution in [0.1, 0.15) is 68.8 Å². The van der Waals surface area contributed by atoms with E-state index < -0.39 is 39.9 Å². The van der Waals surface area contributed by atoms with Crippen LogP contribution in [0.25, 0.3) is 0 Å². The summed E-state index contributed by atoms with van der Waals surface area (Å²) in [6, 6.07) is 4.20. The van der Waals surface area contributed by atoms with Gasteiger partial charge in [-0.2, -0.15) is 0 Å². The largest absolute Gasteiger partial charge is 0.389 e. The van der Waals surface area contributed by atoms with E-state index in [1.807, 2.05) is 6.92 Å². The fourth-order valence-corrected chi connectivity index (χ4v) is 5.08. The lowest BCUT2D eigenvalue weighted by Crippen LogP contribution is -2.52. The molecule has 0 radical (unpaired) electrons. The molecule has 0 saturated heterocycles. The van der Waals surface area contributed by atoms with E-state index in [9.17, 15) is 23.4 Å². The highest BCUT2D eigenvalue weighted by Gasteiger charge is 2.33. The fourth-order valence-electron chi connectivity index (χ4n) is 3.86. The Morgan fingerprint density at radius 3 is 2.60 bits per heavy atom. The zero-order chi connectivity index (χ0) is 22.0. The van der Waals surface area contributed by atoms with Gasteiger partial charge < -0.3 is 15.5 Å². The van der Waals surface area contributed by atoms with Gasteiger partial charge in [-0.3, -0.25) is 9.78 Å². The van der Waals surface area contributed by atoms with E-state index in [4.69, 9.17) is 0 Å². The minimum atomic E-state index is -3.73. The molecule has 30 heavy (non-hydrogen) atoms. The van der Waals surface area contributed by atoms with Gasteiger partial charge in [-0.15, -0.1) is 0 Å². The number of sulfonamides is 1. The number of carbonyl (C=O) groups is 1. The molecule has 1 aromatic heterocycles. The number of amides is 1. The molecule has 0 aliphatic heterocycles. The van der Waals surface area contributed by atoms with Crippen LogP contribution >= 0.6 is 0 Å². The van der Waals surface area contributed by atoms with Gasteiger partial charge in [-0.25, -0.2) is 13.1 Å². The summed E-state index contributed by atoms with van der Waals surface area (Å²) in [5.41, 5.74) is 0.210. The van der Waals surface area contributed by atoms with Crippen LogP contribution in [-0.4, -0.2) is 60.1 Å². The maximum Gasteiger partial charge on any atom is 0.270 e. The summed E-state index contributed by atoms with van der Waals surface area (Å²) in [5, 5.41) is 24.0. The molecule has 0 bridgehead atoms. The molecule has 1 amide bonds. The Morgan fingerprint density at radius 1 is 1.23 bits per heavy atom. The monoisotopic (exact) mass is 441 g/mol. The topological polar surface area (TPSA) is 129 Å². The van der Waals surface area contributed by atoms with E-state index in [1.54, 1.807) is 18.2 Å². The number of hydrogen-bond donors (Lipinski definition) is 4. The number of rotatable bonds is 12. The molecule has 3 atom stereocenters. The Labute approximate surface area is 179 Å². The van der Waals surface area contributed by atoms with Crippen LogP contribution in [0, 0.1) is 5.92 Å². The first kappa shape index (κ1) is 24.7. The molecule has 0 spiro atoms. The van der Waals surface area contributed by atoms with Gasteiger partial charge in [0.25, 0.3) is 5.91 Å². The lowest BCUT2D eigenvalue weighted by molar-refractivity contribution is 0.00195. The minimum Gasteiger partial charge on any atom is -0.389 e. The summed E-state index contributed by atoms with van der Waals surface area (Å²) in [6.07, 6.45) is 5.98. The van der Waals surface area contributed by atoms with E-state index in [0.717, 1.165) is 32.1 Å². The molecule has 1 fully saturated rings. The number of nitrogens with one attached hydrogen (secondary N) is 2. The van der Waals surface area contributed by atoms with Crippen LogP contribution < -0.4 is 10.0 Å². The van der Waals surface area contributed by atoms with Gasteiger partial charge in [0, 0.05) is 12.7 Å². The van der Waals surface area contributed by atoms with Crippen molar-refractivity contribution >= 4 is 15.9 Å². The van der Waals surface area contributed by atoms with E-state index in [1.165, 1.54) is 12.6 Å². The van der Waals surface area contributed by atoms with Crippen LogP contribution in [-0.2, 0) is 10.0 Å². The normalized spacial score (nSPS) is 18.5. The predicted molar refractivity (Wildman–Crippen MR) is 115 cm³/mol. The standard InChI is InChI=1S/C21H35N3O5S/c1-2-3-13-23-30(28,29)15-19(25)20(26)18(14-16-9-5-4-6-10-16)24-21(27)17-11-7-8-12-22-17/h7-8,11-12,16,18-20,23,25-26H,2-6,9-10,13-15H2,1H3,(H,24,27)/t18-,19+,20-/m0/s1. The fraction of sp³-hybridized carbons (Fsp3) is 0.714. The second-order valence-electron chi connectivity index (χ2n) is 8.12. The van der Waals surface area contributed by atoms with Gasteiger partial charge in [0.2, 0.25) is 10.0 Å². The van der Waals surface area contributed by atoms with Gasteiger partial charge in [0.05, 0.1) is 17.9 Å². The Bertz CT molecular complexity index is 738. The van der Waals surface area contributed by atoms with Crippen molar-refractivity contribution in [1.82, 2.24) is 15.0 Å². The van der Waals surface area contributed by atoms with Crippen molar-refractivity contribution in [2.24, 2.45) is 5.92 Å². The lowest BCUT2D eigenvalue weighted by atomic mass is 9.83. The first-order valence-corrected chi connectivity index (χ1v) is 12.5. The number of pyridine rings is 1. The Morgan fingerprint density at radius 2 is 1.97 bits per heavy atom. The molecule has 1 saturated carbocycles. The smallest absolute Gasteiger partial charge is 0.270 e. The Hall–Kier alpha value is -1.55. The highest BCUT2D eigenvalue weighted by atomic mass is 32.2. The van der Waals surface area contributed by atoms with Crippen molar-refractivity contribution in [3.8, 4) is 0 Å². The molecular weight excluding hydrogens is 406 g/mol. The van der Waals surface area contributed by atoms with Crippen LogP contribution in [0.15, 0.2) is 24.4 Å². The third kappa shape index (κ3) is 8.29. The Balaban J connectivity index is 2.06. The highest BCUT2D eigenvalue weighted by molar-refractivity contribution is 7.89. The Kier molecular flexibility index (Phi) is 10.2. The van der Waals surface area contributed by atoms with Gasteiger partial charge in [-0.05, 0) is 30.9 Å². The molecular formula is C21H35N3O5S. The molecule has 0 aromatic carbocycles. The summed E-state index contributed by atoms with van der Waals surface area (Å²) in [7, 11) is -3.73. The highest BCUT2D eigenvalue weighted by Crippen LogP contribution is 2.28. The van der Waals surface area contributed by atoms with E-state index in [2.05, 4.69) is 15.0 Å². The maximum absolute atomic E-state index is 12.6. The number of hydrogen-bond acceptors (Lipinski definition) is 6. The molecule has 0 unspecified atom stereocenters. The van der Waals surface area contributed by atoms with Crippen molar-refractivity contribution in [2.45, 2.75) is 76.5 Å². The van der Waals surface area contributed by atoms with Gasteiger partial charge in [0.15, 0.2) is 0 Å². The number of unbranched alkanes of at least 4 members (excludes halogenated alkanes) is 1. The average Bonchev–Trinajstić information content (AvgIpc) is 2.73. The maximum atomic E-state index is 12.6. The number of carbonyl (C=O) groups excluding carboxylic acids is 1. The summed E-state index contributed by atoms with van der Waals surface area (Å²) < 4.78 is 26.8. The molecule has 170 valence electrons. The van der Waals surface area contributed by atoms with E-state index >= 15 is 0 Å². The summed E-state index contributed by atoms with van der Waals surface area (Å²) >= 11 is 0. The molecule has 1 aromatic rings. The van der Waals surface area contributed by atoms with E-state index in [0.29, 0.717) is 25.3 Å². The number of aromatic nitrogens is 1. The molecule has 4 N–H and O–H groups in total. The van der Waals surface area contributed by atoms with Crippen LogP contribution in [0.4, 0.5) is 0 Å². The van der Waals surface area contributed by atoms with E-state index in [-0.39, 0.29) is 5.69 Å². The van der Waals surface area contributed by atoms with Crippen LogP contribution in [0.5, 0.6) is 0 Å². The lowest BCUT2D eigenvalue weighted by Gasteiger charge is -2.32. The molecule has 1 heterocycles. The average molecular weight is 442 g/mol. The molecule has 8 nitrogen and oxygen atoms in total. The second kappa shape index (κ2) is 12.3. The third-order valence-electron chi connectivity index (χ3n) is 5.57. The summed E-state index contributed by atoms with van der Waals surface area (Å²) in [4.78, 5) is 16.6. The van der Waals surface area contributed by atoms with Crippen LogP contribution in [0.2, 0.25) is 0 Å². The minimum absolute atomic E-state index is 0.210. The first-order chi connectivity index (χ1) is 14.3. The summed E-state index contributed by atoms with van der Waals surface area (Å²) in [6.45, 7) is 2.25. The first-order valence-electron chi connectivity index (χ1n) is 10.9. The van der Waals surface area contributed by atoms with Gasteiger partial charge in [0.1, 0.15) is 11.8 Å². The second-order valence-corrected chi connectivity index (χ2v) is 9.97. The van der Waals surface area contributed by atoms with Gasteiger partial charge >= 0.3 is 0 Å². The number of aliphatic hydroxyl groups is 2. The SMILES string of the molecule is CCCCNS(=O)(=O)C[C@@H](O)[C@@H](O)[C@H](CC1CCCCC1)NC(=O)c1ccccn1. The zero-order valence-electron chi connectivity index (χ0n) is 17.7. The van der Waals surface area contributed by atoms with Crippen molar-refractivity contribution in [2.75, 3.05) is 12.3 Å². The number of aliphatic hydroxyl groups excluding tert-OH is 2. The van der Waals surface area contributed by atoms with Crippen molar-refractivity contribution < 1.29 is 23.4 Å². The quantitative estimate of drug-likeness (QED) is 0.365. The van der Waals surface area contributed by atoms with Crippen molar-refractivity contribution in [1.29, 1.82) is 0 Å². The molecule has 9 heteroatoms. The van der Waals surface area contributed by atoms with Crippen LogP contribution in [0.3, 0.4) is 0 Å². The third-order valence-corrected chi connectivity index (χ3v) is 7.00. The summed E-state index contributed by atoms with van der Waals surface area (Å²) in [5.74, 6) is -0.751. The predicted octanol–water partition coefficient (Wildman–Crippen LogP) is 1.59. The van der Waals surface area contributed by atoms with Crippen molar-refractivity contribution in [3.63, 3.8) is 0 Å². The molecule has 1 aliphatic rings.